The third-order valence-corrected chi connectivity index (χ3v) is 5.18. The van der Waals surface area contributed by atoms with Gasteiger partial charge >= 0.3 is 0 Å². The fourth-order valence-electron chi connectivity index (χ4n) is 3.85. The summed E-state index contributed by atoms with van der Waals surface area (Å²) in [7, 11) is 0. The van der Waals surface area contributed by atoms with Gasteiger partial charge in [-0.3, -0.25) is 10.7 Å². The van der Waals surface area contributed by atoms with Crippen molar-refractivity contribution in [1.82, 2.24) is 5.32 Å². The molecule has 1 heterocycles. The topological polar surface area (TPSA) is 53.6 Å². The molecular formula is C20H30N4. The van der Waals surface area contributed by atoms with E-state index in [-0.39, 0.29) is 6.29 Å². The van der Waals surface area contributed by atoms with E-state index in [1.54, 1.807) is 6.21 Å². The Labute approximate surface area is 145 Å². The maximum atomic E-state index is 6.12. The molecule has 2 atom stereocenters. The van der Waals surface area contributed by atoms with Gasteiger partial charge in [-0.25, -0.2) is 0 Å². The standard InChI is InChI=1S/C20H30N4/c1-16(14-17-8-3-2-4-9-17)23-15-18-10-5-6-11-19(18)24-13-7-12-22-20(24)21/h5-7,10-13,16-17,20,23H,2-4,8-9,14-15,21H2,1H3. The molecule has 0 aromatic heterocycles. The van der Waals surface area contributed by atoms with Crippen molar-refractivity contribution in [2.24, 2.45) is 16.6 Å². The zero-order valence-corrected chi connectivity index (χ0v) is 14.7. The summed E-state index contributed by atoms with van der Waals surface area (Å²) in [4.78, 5) is 6.30. The Balaban J connectivity index is 1.59. The molecular weight excluding hydrogens is 296 g/mol. The molecule has 3 rings (SSSR count). The predicted octanol–water partition coefficient (Wildman–Crippen LogP) is 3.78. The lowest BCUT2D eigenvalue weighted by molar-refractivity contribution is 0.304. The first-order chi connectivity index (χ1) is 11.7. The van der Waals surface area contributed by atoms with Gasteiger partial charge in [0.2, 0.25) is 0 Å². The van der Waals surface area contributed by atoms with Crippen molar-refractivity contribution in [3.8, 4) is 0 Å². The number of nitrogens with zero attached hydrogens (tertiary/aromatic N) is 2. The molecule has 130 valence electrons. The monoisotopic (exact) mass is 326 g/mol. The number of hydrogen-bond donors (Lipinski definition) is 2. The molecule has 1 aromatic rings. The molecule has 0 spiro atoms. The third-order valence-electron chi connectivity index (χ3n) is 5.18. The van der Waals surface area contributed by atoms with Crippen molar-refractivity contribution in [2.75, 3.05) is 4.90 Å². The van der Waals surface area contributed by atoms with E-state index < -0.39 is 0 Å². The molecule has 0 amide bonds. The molecule has 2 aliphatic rings. The zero-order valence-electron chi connectivity index (χ0n) is 14.7. The number of nitrogens with two attached hydrogens (primary N) is 1. The van der Waals surface area contributed by atoms with Gasteiger partial charge in [-0.05, 0) is 37.0 Å². The lowest BCUT2D eigenvalue weighted by Crippen LogP contribution is -2.39. The van der Waals surface area contributed by atoms with Gasteiger partial charge in [0.25, 0.3) is 0 Å². The molecule has 1 aliphatic heterocycles. The fraction of sp³-hybridized carbons (Fsp3) is 0.550. The third kappa shape index (κ3) is 4.46. The van der Waals surface area contributed by atoms with Crippen molar-refractivity contribution >= 4 is 11.9 Å². The number of hydrogen-bond acceptors (Lipinski definition) is 4. The molecule has 3 N–H and O–H groups in total. The van der Waals surface area contributed by atoms with Crippen LogP contribution in [-0.2, 0) is 6.54 Å². The summed E-state index contributed by atoms with van der Waals surface area (Å²) in [5.74, 6) is 0.907. The lowest BCUT2D eigenvalue weighted by atomic mass is 9.85. The number of para-hydroxylation sites is 1. The molecule has 1 aliphatic carbocycles. The first-order valence-corrected chi connectivity index (χ1v) is 9.29. The Bertz CT molecular complexity index is 575. The molecule has 4 nitrogen and oxygen atoms in total. The lowest BCUT2D eigenvalue weighted by Gasteiger charge is -2.29. The van der Waals surface area contributed by atoms with Crippen LogP contribution in [0.25, 0.3) is 0 Å². The second-order valence-corrected chi connectivity index (χ2v) is 7.11. The van der Waals surface area contributed by atoms with E-state index in [1.165, 1.54) is 44.1 Å². The second-order valence-electron chi connectivity index (χ2n) is 7.11. The molecule has 2 unspecified atom stereocenters. The second kappa shape index (κ2) is 8.45. The summed E-state index contributed by atoms with van der Waals surface area (Å²) >= 11 is 0. The van der Waals surface area contributed by atoms with Gasteiger partial charge in [-0.15, -0.1) is 0 Å². The molecule has 4 heteroatoms. The molecule has 1 aromatic carbocycles. The summed E-state index contributed by atoms with van der Waals surface area (Å²) in [6, 6.07) is 8.99. The summed E-state index contributed by atoms with van der Waals surface area (Å²) < 4.78 is 0. The smallest absolute Gasteiger partial charge is 0.177 e. The largest absolute Gasteiger partial charge is 0.313 e. The average Bonchev–Trinajstić information content (AvgIpc) is 2.62. The van der Waals surface area contributed by atoms with Crippen molar-refractivity contribution in [3.05, 3.63) is 42.1 Å². The van der Waals surface area contributed by atoms with Crippen LogP contribution in [0.2, 0.25) is 0 Å². The van der Waals surface area contributed by atoms with Gasteiger partial charge in [0, 0.05) is 30.7 Å². The van der Waals surface area contributed by atoms with Crippen LogP contribution in [0.4, 0.5) is 5.69 Å². The van der Waals surface area contributed by atoms with Crippen LogP contribution in [0.15, 0.2) is 41.5 Å². The van der Waals surface area contributed by atoms with Gasteiger partial charge < -0.3 is 10.2 Å². The van der Waals surface area contributed by atoms with Crippen LogP contribution in [-0.4, -0.2) is 18.5 Å². The van der Waals surface area contributed by atoms with Crippen LogP contribution in [0, 0.1) is 5.92 Å². The zero-order chi connectivity index (χ0) is 16.8. The number of allylic oxidation sites excluding steroid dienone is 1. The summed E-state index contributed by atoms with van der Waals surface area (Å²) in [6.45, 7) is 3.18. The highest BCUT2D eigenvalue weighted by Gasteiger charge is 2.18. The molecule has 24 heavy (non-hydrogen) atoms. The number of anilines is 1. The molecule has 1 fully saturated rings. The normalized spacial score (nSPS) is 22.8. The predicted molar refractivity (Wildman–Crippen MR) is 102 cm³/mol. The van der Waals surface area contributed by atoms with Crippen molar-refractivity contribution in [2.45, 2.75) is 64.3 Å². The number of benzene rings is 1. The first kappa shape index (κ1) is 17.2. The van der Waals surface area contributed by atoms with Gasteiger partial charge in [-0.2, -0.15) is 0 Å². The van der Waals surface area contributed by atoms with E-state index in [4.69, 9.17) is 5.73 Å². The maximum absolute atomic E-state index is 6.12. The highest BCUT2D eigenvalue weighted by molar-refractivity contribution is 5.75. The van der Waals surface area contributed by atoms with Crippen molar-refractivity contribution in [3.63, 3.8) is 0 Å². The Hall–Kier alpha value is -1.65. The highest BCUT2D eigenvalue weighted by atomic mass is 15.3. The van der Waals surface area contributed by atoms with Crippen LogP contribution in [0.3, 0.4) is 0 Å². The van der Waals surface area contributed by atoms with Crippen LogP contribution in [0.5, 0.6) is 0 Å². The molecule has 0 bridgehead atoms. The Morgan fingerprint density at radius 2 is 2.04 bits per heavy atom. The van der Waals surface area contributed by atoms with E-state index in [2.05, 4.69) is 41.5 Å². The van der Waals surface area contributed by atoms with Gasteiger partial charge in [0.05, 0.1) is 0 Å². The van der Waals surface area contributed by atoms with Gasteiger partial charge in [0.15, 0.2) is 6.29 Å². The fourth-order valence-corrected chi connectivity index (χ4v) is 3.85. The number of nitrogens with one attached hydrogen (secondary N) is 1. The number of rotatable bonds is 6. The van der Waals surface area contributed by atoms with E-state index in [0.29, 0.717) is 6.04 Å². The summed E-state index contributed by atoms with van der Waals surface area (Å²) in [5, 5.41) is 3.71. The average molecular weight is 326 g/mol. The Morgan fingerprint density at radius 3 is 2.83 bits per heavy atom. The summed E-state index contributed by atoms with van der Waals surface area (Å²) in [5.41, 5.74) is 8.52. The molecule has 1 saturated carbocycles. The van der Waals surface area contributed by atoms with Gasteiger partial charge in [0.1, 0.15) is 0 Å². The SMILES string of the molecule is CC(CC1CCCCC1)NCc1ccccc1N1C=CC=NC1N. The minimum atomic E-state index is -0.337. The minimum Gasteiger partial charge on any atom is -0.313 e. The van der Waals surface area contributed by atoms with E-state index >= 15 is 0 Å². The van der Waals surface area contributed by atoms with Crippen LogP contribution >= 0.6 is 0 Å². The van der Waals surface area contributed by atoms with E-state index in [0.717, 1.165) is 18.2 Å². The maximum Gasteiger partial charge on any atom is 0.177 e. The first-order valence-electron chi connectivity index (χ1n) is 9.29. The molecule has 0 saturated heterocycles. The number of aliphatic imine (C=N–C) groups is 1. The summed E-state index contributed by atoms with van der Waals surface area (Å²) in [6.07, 6.45) is 13.7. The van der Waals surface area contributed by atoms with E-state index in [9.17, 15) is 0 Å². The van der Waals surface area contributed by atoms with E-state index in [1.807, 2.05) is 17.2 Å². The highest BCUT2D eigenvalue weighted by Crippen LogP contribution is 2.28. The van der Waals surface area contributed by atoms with Crippen LogP contribution < -0.4 is 16.0 Å². The molecule has 0 radical (unpaired) electrons. The van der Waals surface area contributed by atoms with Crippen molar-refractivity contribution in [1.29, 1.82) is 0 Å². The van der Waals surface area contributed by atoms with Crippen LogP contribution in [0.1, 0.15) is 51.0 Å². The minimum absolute atomic E-state index is 0.337. The Kier molecular flexibility index (Phi) is 6.05. The van der Waals surface area contributed by atoms with Gasteiger partial charge in [-0.1, -0.05) is 50.3 Å². The quantitative estimate of drug-likeness (QED) is 0.836. The Morgan fingerprint density at radius 1 is 1.25 bits per heavy atom. The van der Waals surface area contributed by atoms with Crippen molar-refractivity contribution < 1.29 is 0 Å².